The van der Waals surface area contributed by atoms with Gasteiger partial charge in [-0.15, -0.1) is 0 Å². The lowest BCUT2D eigenvalue weighted by atomic mass is 10.1. The fourth-order valence-corrected chi connectivity index (χ4v) is 2.69. The molecular weight excluding hydrogens is 220 g/mol. The molecule has 1 atom stereocenters. The molecule has 1 aliphatic rings. The minimum atomic E-state index is 0.191. The van der Waals surface area contributed by atoms with Crippen LogP contribution in [0.2, 0.25) is 5.02 Å². The molecule has 1 aromatic rings. The van der Waals surface area contributed by atoms with Crippen LogP contribution in [0.5, 0.6) is 0 Å². The number of rotatable bonds is 4. The lowest BCUT2D eigenvalue weighted by molar-refractivity contribution is 0.444. The van der Waals surface area contributed by atoms with Gasteiger partial charge in [-0.1, -0.05) is 42.6 Å². The highest BCUT2D eigenvalue weighted by Crippen LogP contribution is 2.25. The number of benzene rings is 1. The second-order valence-corrected chi connectivity index (χ2v) is 4.87. The molecule has 0 spiro atoms. The molecule has 3 heteroatoms. The first kappa shape index (κ1) is 11.9. The molecule has 0 saturated heterocycles. The zero-order chi connectivity index (χ0) is 11.4. The van der Waals surface area contributed by atoms with Crippen LogP contribution in [-0.2, 0) is 0 Å². The molecule has 1 unspecified atom stereocenters. The lowest BCUT2D eigenvalue weighted by Gasteiger charge is -2.22. The Bertz CT molecular complexity index is 334. The molecule has 1 fully saturated rings. The molecule has 0 bridgehead atoms. The molecule has 1 aliphatic carbocycles. The summed E-state index contributed by atoms with van der Waals surface area (Å²) in [7, 11) is 0. The molecule has 0 heterocycles. The van der Waals surface area contributed by atoms with Gasteiger partial charge in [-0.05, 0) is 24.5 Å². The summed E-state index contributed by atoms with van der Waals surface area (Å²) in [6, 6.07) is 8.76. The van der Waals surface area contributed by atoms with Crippen LogP contribution in [0.4, 0.5) is 0 Å². The first-order valence-corrected chi connectivity index (χ1v) is 6.39. The summed E-state index contributed by atoms with van der Waals surface area (Å²) in [6.07, 6.45) is 5.19. The van der Waals surface area contributed by atoms with E-state index < -0.39 is 0 Å². The third-order valence-corrected chi connectivity index (χ3v) is 3.65. The first-order chi connectivity index (χ1) is 7.81. The Kier molecular flexibility index (Phi) is 4.22. The number of nitrogens with two attached hydrogens (primary N) is 1. The predicted molar refractivity (Wildman–Crippen MR) is 68.6 cm³/mol. The van der Waals surface area contributed by atoms with Gasteiger partial charge in [0, 0.05) is 23.7 Å². The van der Waals surface area contributed by atoms with E-state index in [2.05, 4.69) is 11.4 Å². The largest absolute Gasteiger partial charge is 0.329 e. The Morgan fingerprint density at radius 1 is 1.31 bits per heavy atom. The van der Waals surface area contributed by atoms with Crippen molar-refractivity contribution >= 4 is 11.6 Å². The normalized spacial score (nSPS) is 18.9. The van der Waals surface area contributed by atoms with Gasteiger partial charge in [0.25, 0.3) is 0 Å². The van der Waals surface area contributed by atoms with E-state index >= 15 is 0 Å². The van der Waals surface area contributed by atoms with Crippen molar-refractivity contribution in [2.24, 2.45) is 5.73 Å². The number of hydrogen-bond donors (Lipinski definition) is 2. The van der Waals surface area contributed by atoms with Crippen molar-refractivity contribution in [3.05, 3.63) is 34.9 Å². The third-order valence-electron chi connectivity index (χ3n) is 3.31. The summed E-state index contributed by atoms with van der Waals surface area (Å²) in [5.74, 6) is 0. The molecule has 0 amide bonds. The number of nitrogens with one attached hydrogen (secondary N) is 1. The van der Waals surface area contributed by atoms with Crippen LogP contribution < -0.4 is 11.1 Å². The maximum Gasteiger partial charge on any atom is 0.0461 e. The molecular formula is C13H19ClN2. The van der Waals surface area contributed by atoms with Crippen molar-refractivity contribution in [1.82, 2.24) is 5.32 Å². The minimum Gasteiger partial charge on any atom is -0.329 e. The quantitative estimate of drug-likeness (QED) is 0.847. The monoisotopic (exact) mass is 238 g/mol. The second kappa shape index (κ2) is 5.67. The Morgan fingerprint density at radius 2 is 2.00 bits per heavy atom. The first-order valence-electron chi connectivity index (χ1n) is 6.02. The highest BCUT2D eigenvalue weighted by molar-refractivity contribution is 6.31. The molecule has 0 aromatic heterocycles. The van der Waals surface area contributed by atoms with E-state index in [1.54, 1.807) is 0 Å². The summed E-state index contributed by atoms with van der Waals surface area (Å²) in [6.45, 7) is 0.597. The van der Waals surface area contributed by atoms with Crippen molar-refractivity contribution in [2.75, 3.05) is 6.54 Å². The van der Waals surface area contributed by atoms with Crippen molar-refractivity contribution in [1.29, 1.82) is 0 Å². The topological polar surface area (TPSA) is 38.0 Å². The van der Waals surface area contributed by atoms with Gasteiger partial charge < -0.3 is 11.1 Å². The molecule has 88 valence electrons. The van der Waals surface area contributed by atoms with Crippen molar-refractivity contribution in [2.45, 2.75) is 37.8 Å². The van der Waals surface area contributed by atoms with Crippen LogP contribution in [0.3, 0.4) is 0 Å². The van der Waals surface area contributed by atoms with Crippen LogP contribution in [-0.4, -0.2) is 12.6 Å². The van der Waals surface area contributed by atoms with E-state index in [-0.39, 0.29) is 6.04 Å². The van der Waals surface area contributed by atoms with E-state index in [1.807, 2.05) is 18.2 Å². The highest BCUT2D eigenvalue weighted by atomic mass is 35.5. The van der Waals surface area contributed by atoms with Crippen molar-refractivity contribution < 1.29 is 0 Å². The summed E-state index contributed by atoms with van der Waals surface area (Å²) in [5, 5.41) is 4.42. The predicted octanol–water partition coefficient (Wildman–Crippen LogP) is 2.87. The zero-order valence-electron chi connectivity index (χ0n) is 9.45. The average Bonchev–Trinajstić information content (AvgIpc) is 2.80. The molecule has 2 rings (SSSR count). The molecule has 3 N–H and O–H groups in total. The fourth-order valence-electron chi connectivity index (χ4n) is 2.42. The van der Waals surface area contributed by atoms with Gasteiger partial charge in [0.1, 0.15) is 0 Å². The SMILES string of the molecule is NCC(NC1CCCC1)c1ccccc1Cl. The van der Waals surface area contributed by atoms with Crippen LogP contribution in [0.15, 0.2) is 24.3 Å². The molecule has 1 saturated carbocycles. The minimum absolute atomic E-state index is 0.191. The van der Waals surface area contributed by atoms with Gasteiger partial charge in [0.2, 0.25) is 0 Å². The van der Waals surface area contributed by atoms with Crippen LogP contribution >= 0.6 is 11.6 Å². The highest BCUT2D eigenvalue weighted by Gasteiger charge is 2.20. The number of halogens is 1. The van der Waals surface area contributed by atoms with Crippen LogP contribution in [0.25, 0.3) is 0 Å². The summed E-state index contributed by atoms with van der Waals surface area (Å²) in [4.78, 5) is 0. The van der Waals surface area contributed by atoms with Gasteiger partial charge in [-0.3, -0.25) is 0 Å². The standard InChI is InChI=1S/C13H19ClN2/c14-12-8-4-3-7-11(12)13(9-15)16-10-5-1-2-6-10/h3-4,7-8,10,13,16H,1-2,5-6,9,15H2. The Morgan fingerprint density at radius 3 is 2.62 bits per heavy atom. The molecule has 2 nitrogen and oxygen atoms in total. The van der Waals surface area contributed by atoms with E-state index in [9.17, 15) is 0 Å². The fraction of sp³-hybridized carbons (Fsp3) is 0.538. The maximum atomic E-state index is 6.19. The molecule has 0 radical (unpaired) electrons. The van der Waals surface area contributed by atoms with Gasteiger partial charge in [-0.25, -0.2) is 0 Å². The summed E-state index contributed by atoms with van der Waals surface area (Å²) >= 11 is 6.19. The van der Waals surface area contributed by atoms with E-state index in [1.165, 1.54) is 25.7 Å². The molecule has 0 aliphatic heterocycles. The second-order valence-electron chi connectivity index (χ2n) is 4.46. The maximum absolute atomic E-state index is 6.19. The Labute approximate surface area is 102 Å². The molecule has 1 aromatic carbocycles. The van der Waals surface area contributed by atoms with Crippen molar-refractivity contribution in [3.63, 3.8) is 0 Å². The smallest absolute Gasteiger partial charge is 0.0461 e. The van der Waals surface area contributed by atoms with Crippen LogP contribution in [0.1, 0.15) is 37.3 Å². The number of hydrogen-bond acceptors (Lipinski definition) is 2. The zero-order valence-corrected chi connectivity index (χ0v) is 10.2. The van der Waals surface area contributed by atoms with Gasteiger partial charge >= 0.3 is 0 Å². The Hall–Kier alpha value is -0.570. The Balaban J connectivity index is 2.06. The van der Waals surface area contributed by atoms with Crippen LogP contribution in [0, 0.1) is 0 Å². The van der Waals surface area contributed by atoms with Gasteiger partial charge in [-0.2, -0.15) is 0 Å². The van der Waals surface area contributed by atoms with E-state index in [0.29, 0.717) is 12.6 Å². The average molecular weight is 239 g/mol. The lowest BCUT2D eigenvalue weighted by Crippen LogP contribution is -2.35. The van der Waals surface area contributed by atoms with Crippen molar-refractivity contribution in [3.8, 4) is 0 Å². The third kappa shape index (κ3) is 2.76. The summed E-state index contributed by atoms with van der Waals surface area (Å²) in [5.41, 5.74) is 6.95. The summed E-state index contributed by atoms with van der Waals surface area (Å²) < 4.78 is 0. The van der Waals surface area contributed by atoms with E-state index in [0.717, 1.165) is 10.6 Å². The van der Waals surface area contributed by atoms with Gasteiger partial charge in [0.05, 0.1) is 0 Å². The van der Waals surface area contributed by atoms with Gasteiger partial charge in [0.15, 0.2) is 0 Å². The molecule has 16 heavy (non-hydrogen) atoms. The van der Waals surface area contributed by atoms with E-state index in [4.69, 9.17) is 17.3 Å².